The summed E-state index contributed by atoms with van der Waals surface area (Å²) in [6.07, 6.45) is 0. The Morgan fingerprint density at radius 3 is 2.80 bits per heavy atom. The third-order valence-corrected chi connectivity index (χ3v) is 2.63. The van der Waals surface area contributed by atoms with Crippen LogP contribution in [-0.4, -0.2) is 32.4 Å². The fourth-order valence-electron chi connectivity index (χ4n) is 0.961. The molecule has 1 heterocycles. The van der Waals surface area contributed by atoms with Crippen LogP contribution in [-0.2, 0) is 0 Å². The van der Waals surface area contributed by atoms with E-state index in [2.05, 4.69) is 9.97 Å². The summed E-state index contributed by atoms with van der Waals surface area (Å²) in [7, 11) is 0. The molecule has 0 aliphatic heterocycles. The Labute approximate surface area is 94.8 Å². The van der Waals surface area contributed by atoms with Crippen LogP contribution in [0.1, 0.15) is 5.69 Å². The number of rotatable bonds is 4. The molecule has 0 aromatic carbocycles. The molecule has 0 saturated carbocycles. The van der Waals surface area contributed by atoms with Crippen LogP contribution >= 0.6 is 23.4 Å². The van der Waals surface area contributed by atoms with Gasteiger partial charge in [-0.15, -0.1) is 0 Å². The molecule has 1 aromatic heterocycles. The van der Waals surface area contributed by atoms with Gasteiger partial charge < -0.3 is 5.11 Å². The third-order valence-electron chi connectivity index (χ3n) is 1.51. The van der Waals surface area contributed by atoms with Crippen molar-refractivity contribution >= 4 is 29.1 Å². The second-order valence-electron chi connectivity index (χ2n) is 2.56. The molecule has 82 valence electrons. The molecule has 6 nitrogen and oxygen atoms in total. The number of hydrogen-bond acceptors (Lipinski definition) is 6. The second-order valence-corrected chi connectivity index (χ2v) is 3.98. The van der Waals surface area contributed by atoms with Crippen molar-refractivity contribution < 1.29 is 10.0 Å². The van der Waals surface area contributed by atoms with Crippen LogP contribution in [0.3, 0.4) is 0 Å². The van der Waals surface area contributed by atoms with Gasteiger partial charge in [-0.25, -0.2) is 9.97 Å². The number of thioether (sulfide) groups is 1. The molecule has 8 heteroatoms. The third kappa shape index (κ3) is 3.01. The maximum Gasteiger partial charge on any atom is 0.322 e. The van der Waals surface area contributed by atoms with E-state index in [4.69, 9.17) is 16.7 Å². The molecule has 1 rings (SSSR count). The van der Waals surface area contributed by atoms with Gasteiger partial charge in [-0.1, -0.05) is 11.8 Å². The standard InChI is InChI=1S/C7H8ClN3O3S/c1-4-5(11(13)14)6(15-3-2-12)10-7(8)9-4/h12H,2-3H2,1H3. The van der Waals surface area contributed by atoms with Gasteiger partial charge >= 0.3 is 5.69 Å². The van der Waals surface area contributed by atoms with E-state index < -0.39 is 4.92 Å². The number of aliphatic hydroxyl groups is 1. The number of halogens is 1. The van der Waals surface area contributed by atoms with Crippen LogP contribution in [0, 0.1) is 17.0 Å². The maximum atomic E-state index is 10.7. The normalized spacial score (nSPS) is 10.3. The zero-order valence-electron chi connectivity index (χ0n) is 7.81. The molecule has 0 atom stereocenters. The number of nitrogens with zero attached hydrogens (tertiary/aromatic N) is 3. The second kappa shape index (κ2) is 5.24. The van der Waals surface area contributed by atoms with Gasteiger partial charge in [0.15, 0.2) is 5.03 Å². The summed E-state index contributed by atoms with van der Waals surface area (Å²) < 4.78 is 0. The van der Waals surface area contributed by atoms with Gasteiger partial charge in [0, 0.05) is 5.75 Å². The Kier molecular flexibility index (Phi) is 4.25. The minimum Gasteiger partial charge on any atom is -0.396 e. The van der Waals surface area contributed by atoms with Crippen molar-refractivity contribution in [2.24, 2.45) is 0 Å². The first kappa shape index (κ1) is 12.2. The van der Waals surface area contributed by atoms with Gasteiger partial charge in [0.25, 0.3) is 0 Å². The minimum absolute atomic E-state index is 0.0291. The Hall–Kier alpha value is -0.920. The minimum atomic E-state index is -0.550. The van der Waals surface area contributed by atoms with Crippen LogP contribution in [0.4, 0.5) is 5.69 Å². The van der Waals surface area contributed by atoms with E-state index in [0.717, 1.165) is 11.8 Å². The van der Waals surface area contributed by atoms with E-state index in [1.807, 2.05) is 0 Å². The first-order valence-corrected chi connectivity index (χ1v) is 5.34. The molecule has 0 amide bonds. The molecular formula is C7H8ClN3O3S. The maximum absolute atomic E-state index is 10.7. The first-order valence-electron chi connectivity index (χ1n) is 3.98. The summed E-state index contributed by atoms with van der Waals surface area (Å²) in [5.41, 5.74) is 0.0679. The van der Waals surface area contributed by atoms with Gasteiger partial charge in [0.1, 0.15) is 5.69 Å². The Morgan fingerprint density at radius 2 is 2.27 bits per heavy atom. The Bertz CT molecular complexity index is 388. The highest BCUT2D eigenvalue weighted by Gasteiger charge is 2.21. The van der Waals surface area contributed by atoms with Crippen LogP contribution in [0.2, 0.25) is 5.28 Å². The van der Waals surface area contributed by atoms with Crippen molar-refractivity contribution in [2.45, 2.75) is 11.9 Å². The largest absolute Gasteiger partial charge is 0.396 e. The molecular weight excluding hydrogens is 242 g/mol. The highest BCUT2D eigenvalue weighted by Crippen LogP contribution is 2.29. The average molecular weight is 250 g/mol. The molecule has 0 spiro atoms. The van der Waals surface area contributed by atoms with E-state index in [-0.39, 0.29) is 28.3 Å². The van der Waals surface area contributed by atoms with Crippen molar-refractivity contribution in [3.05, 3.63) is 21.1 Å². The lowest BCUT2D eigenvalue weighted by atomic mass is 10.4. The topological polar surface area (TPSA) is 89.2 Å². The molecule has 0 unspecified atom stereocenters. The van der Waals surface area contributed by atoms with E-state index >= 15 is 0 Å². The fourth-order valence-corrected chi connectivity index (χ4v) is 2.02. The SMILES string of the molecule is Cc1nc(Cl)nc(SCCO)c1[N+](=O)[O-]. The van der Waals surface area contributed by atoms with Crippen molar-refractivity contribution in [2.75, 3.05) is 12.4 Å². The number of aromatic nitrogens is 2. The lowest BCUT2D eigenvalue weighted by Crippen LogP contribution is -2.01. The molecule has 0 saturated heterocycles. The van der Waals surface area contributed by atoms with Gasteiger partial charge in [0.05, 0.1) is 11.5 Å². The van der Waals surface area contributed by atoms with E-state index in [1.165, 1.54) is 6.92 Å². The van der Waals surface area contributed by atoms with Gasteiger partial charge in [-0.05, 0) is 18.5 Å². The van der Waals surface area contributed by atoms with Gasteiger partial charge in [-0.2, -0.15) is 0 Å². The molecule has 1 aromatic rings. The van der Waals surface area contributed by atoms with Gasteiger partial charge in [-0.3, -0.25) is 10.1 Å². The zero-order chi connectivity index (χ0) is 11.4. The van der Waals surface area contributed by atoms with Crippen LogP contribution in [0.15, 0.2) is 5.03 Å². The first-order chi connectivity index (χ1) is 7.06. The predicted molar refractivity (Wildman–Crippen MR) is 56.2 cm³/mol. The Balaban J connectivity index is 3.14. The lowest BCUT2D eigenvalue weighted by molar-refractivity contribution is -0.389. The molecule has 0 radical (unpaired) electrons. The zero-order valence-corrected chi connectivity index (χ0v) is 9.38. The highest BCUT2D eigenvalue weighted by atomic mass is 35.5. The summed E-state index contributed by atoms with van der Waals surface area (Å²) >= 11 is 6.66. The number of nitro groups is 1. The van der Waals surface area contributed by atoms with Crippen molar-refractivity contribution in [1.82, 2.24) is 9.97 Å². The molecule has 0 fully saturated rings. The van der Waals surface area contributed by atoms with Gasteiger partial charge in [0.2, 0.25) is 5.28 Å². The molecule has 1 N–H and O–H groups in total. The smallest absolute Gasteiger partial charge is 0.322 e. The summed E-state index contributed by atoms with van der Waals surface area (Å²) in [5, 5.41) is 19.5. The fraction of sp³-hybridized carbons (Fsp3) is 0.429. The van der Waals surface area contributed by atoms with Crippen molar-refractivity contribution in [3.63, 3.8) is 0 Å². The van der Waals surface area contributed by atoms with E-state index in [1.54, 1.807) is 0 Å². The van der Waals surface area contributed by atoms with Crippen LogP contribution in [0.25, 0.3) is 0 Å². The summed E-state index contributed by atoms with van der Waals surface area (Å²) in [4.78, 5) is 17.6. The number of aliphatic hydroxyl groups excluding tert-OH is 1. The molecule has 0 bridgehead atoms. The van der Waals surface area contributed by atoms with E-state index in [0.29, 0.717) is 5.75 Å². The summed E-state index contributed by atoms with van der Waals surface area (Å²) in [6.45, 7) is 1.41. The van der Waals surface area contributed by atoms with Crippen LogP contribution < -0.4 is 0 Å². The Morgan fingerprint density at radius 1 is 1.60 bits per heavy atom. The lowest BCUT2D eigenvalue weighted by Gasteiger charge is -2.03. The van der Waals surface area contributed by atoms with Crippen LogP contribution in [0.5, 0.6) is 0 Å². The summed E-state index contributed by atoms with van der Waals surface area (Å²) in [5.74, 6) is 0.327. The quantitative estimate of drug-likeness (QED) is 0.285. The predicted octanol–water partition coefficient (Wildman–Crippen LogP) is 1.43. The summed E-state index contributed by atoms with van der Waals surface area (Å²) in [6, 6.07) is 0. The van der Waals surface area contributed by atoms with E-state index in [9.17, 15) is 10.1 Å². The molecule has 0 aliphatic rings. The van der Waals surface area contributed by atoms with Crippen molar-refractivity contribution in [3.8, 4) is 0 Å². The number of aryl methyl sites for hydroxylation is 1. The molecule has 15 heavy (non-hydrogen) atoms. The average Bonchev–Trinajstić information content (AvgIpc) is 2.12. The number of hydrogen-bond donors (Lipinski definition) is 1. The highest BCUT2D eigenvalue weighted by molar-refractivity contribution is 7.99. The van der Waals surface area contributed by atoms with Crippen molar-refractivity contribution in [1.29, 1.82) is 0 Å². The monoisotopic (exact) mass is 249 g/mol. The molecule has 0 aliphatic carbocycles.